The highest BCUT2D eigenvalue weighted by atomic mass is 16.5. The van der Waals surface area contributed by atoms with E-state index in [0.717, 1.165) is 5.56 Å². The lowest BCUT2D eigenvalue weighted by molar-refractivity contribution is -0.127. The third-order valence-corrected chi connectivity index (χ3v) is 5.35. The Morgan fingerprint density at radius 1 is 1.24 bits per heavy atom. The van der Waals surface area contributed by atoms with Gasteiger partial charge in [-0.25, -0.2) is 0 Å². The summed E-state index contributed by atoms with van der Waals surface area (Å²) in [5.74, 6) is -0.908. The minimum atomic E-state index is -0.812. The Bertz CT molecular complexity index is 861. The zero-order valence-electron chi connectivity index (χ0n) is 16.9. The number of ether oxygens (including phenoxy) is 1. The molecule has 3 atom stereocenters. The number of hydrogen-bond acceptors (Lipinski definition) is 4. The van der Waals surface area contributed by atoms with Crippen LogP contribution in [0.3, 0.4) is 0 Å². The van der Waals surface area contributed by atoms with Crippen LogP contribution in [0.15, 0.2) is 48.8 Å². The molecule has 0 bridgehead atoms. The lowest BCUT2D eigenvalue weighted by Crippen LogP contribution is -2.54. The molecule has 3 rings (SSSR count). The molecule has 7 nitrogen and oxygen atoms in total. The molecule has 0 radical (unpaired) electrons. The summed E-state index contributed by atoms with van der Waals surface area (Å²) < 4.78 is 5.31. The summed E-state index contributed by atoms with van der Waals surface area (Å²) in [5.41, 5.74) is 1.12. The number of carbonyl (C=O) groups is 3. The van der Waals surface area contributed by atoms with Gasteiger partial charge < -0.3 is 20.4 Å². The van der Waals surface area contributed by atoms with Gasteiger partial charge in [-0.05, 0) is 30.4 Å². The molecule has 3 N–H and O–H groups in total. The average Bonchev–Trinajstić information content (AvgIpc) is 3.34. The maximum Gasteiger partial charge on any atom is 0.253 e. The van der Waals surface area contributed by atoms with Gasteiger partial charge in [-0.3, -0.25) is 14.4 Å². The minimum absolute atomic E-state index is 0.0119. The van der Waals surface area contributed by atoms with E-state index in [2.05, 4.69) is 15.6 Å². The van der Waals surface area contributed by atoms with E-state index in [1.807, 2.05) is 44.2 Å². The zero-order valence-corrected chi connectivity index (χ0v) is 16.9. The standard InChI is InChI=1S/C22H27N3O4/c1-14-19(18(26)13-29-14)25-21(28)17(24-20(27)15-9-10-23-12-15)11-22(2,3)16-7-5-4-6-8-16/h4-10,12,14,17,19,23H,11,13H2,1-3H3,(H,24,27)(H,25,28)/t14-,17?,19-/m0/s1. The summed E-state index contributed by atoms with van der Waals surface area (Å²) in [7, 11) is 0. The van der Waals surface area contributed by atoms with E-state index in [4.69, 9.17) is 4.74 Å². The quantitative estimate of drug-likeness (QED) is 0.665. The number of benzene rings is 1. The number of aromatic nitrogens is 1. The van der Waals surface area contributed by atoms with E-state index in [1.54, 1.807) is 25.4 Å². The molecule has 1 aliphatic rings. The van der Waals surface area contributed by atoms with Gasteiger partial charge in [-0.15, -0.1) is 0 Å². The number of nitrogens with one attached hydrogen (secondary N) is 3. The van der Waals surface area contributed by atoms with Crippen LogP contribution in [-0.2, 0) is 19.7 Å². The fourth-order valence-electron chi connectivity index (χ4n) is 3.55. The van der Waals surface area contributed by atoms with Gasteiger partial charge in [0.05, 0.1) is 11.7 Å². The van der Waals surface area contributed by atoms with Gasteiger partial charge in [-0.1, -0.05) is 44.2 Å². The minimum Gasteiger partial charge on any atom is -0.368 e. The van der Waals surface area contributed by atoms with Crippen molar-refractivity contribution in [1.82, 2.24) is 15.6 Å². The number of amides is 2. The monoisotopic (exact) mass is 397 g/mol. The van der Waals surface area contributed by atoms with Crippen LogP contribution >= 0.6 is 0 Å². The Morgan fingerprint density at radius 3 is 2.55 bits per heavy atom. The molecule has 29 heavy (non-hydrogen) atoms. The van der Waals surface area contributed by atoms with E-state index >= 15 is 0 Å². The Labute approximate surface area is 170 Å². The molecule has 1 unspecified atom stereocenters. The van der Waals surface area contributed by atoms with Gasteiger partial charge in [0.15, 0.2) is 5.78 Å². The second-order valence-electron chi connectivity index (χ2n) is 8.05. The number of Topliss-reactive ketones (excluding diaryl/α,β-unsaturated/α-hetero) is 1. The second kappa shape index (κ2) is 8.61. The van der Waals surface area contributed by atoms with E-state index < -0.39 is 24.1 Å². The van der Waals surface area contributed by atoms with E-state index in [-0.39, 0.29) is 23.7 Å². The molecular weight excluding hydrogens is 370 g/mol. The van der Waals surface area contributed by atoms with Gasteiger partial charge in [0.1, 0.15) is 18.7 Å². The van der Waals surface area contributed by atoms with Crippen molar-refractivity contribution in [2.75, 3.05) is 6.61 Å². The molecular formula is C22H27N3O4. The molecule has 1 saturated heterocycles. The fourth-order valence-corrected chi connectivity index (χ4v) is 3.55. The van der Waals surface area contributed by atoms with Crippen LogP contribution in [0.1, 0.15) is 43.1 Å². The van der Waals surface area contributed by atoms with E-state index in [9.17, 15) is 14.4 Å². The zero-order chi connectivity index (χ0) is 21.0. The third-order valence-electron chi connectivity index (χ3n) is 5.35. The molecule has 0 aliphatic carbocycles. The van der Waals surface area contributed by atoms with Gasteiger partial charge in [0.25, 0.3) is 5.91 Å². The first-order chi connectivity index (χ1) is 13.8. The van der Waals surface area contributed by atoms with Crippen molar-refractivity contribution in [3.63, 3.8) is 0 Å². The third kappa shape index (κ3) is 4.92. The number of aromatic amines is 1. The molecule has 0 saturated carbocycles. The van der Waals surface area contributed by atoms with E-state index in [0.29, 0.717) is 12.0 Å². The van der Waals surface area contributed by atoms with Crippen LogP contribution in [-0.4, -0.2) is 47.4 Å². The van der Waals surface area contributed by atoms with Crippen molar-refractivity contribution < 1.29 is 19.1 Å². The summed E-state index contributed by atoms with van der Waals surface area (Å²) >= 11 is 0. The predicted molar refractivity (Wildman–Crippen MR) is 108 cm³/mol. The van der Waals surface area contributed by atoms with Crippen LogP contribution in [0.2, 0.25) is 0 Å². The number of carbonyl (C=O) groups excluding carboxylic acids is 3. The molecule has 7 heteroatoms. The normalized spacial score (nSPS) is 20.3. The number of ketones is 1. The van der Waals surface area contributed by atoms with E-state index in [1.165, 1.54) is 0 Å². The van der Waals surface area contributed by atoms with Crippen molar-refractivity contribution in [2.45, 2.75) is 50.8 Å². The highest BCUT2D eigenvalue weighted by molar-refractivity contribution is 5.98. The van der Waals surface area contributed by atoms with Crippen LogP contribution in [0.5, 0.6) is 0 Å². The SMILES string of the molecule is C[C@@H]1OCC(=O)[C@H]1NC(=O)C(CC(C)(C)c1ccccc1)NC(=O)c1cc[nH]c1. The van der Waals surface area contributed by atoms with Gasteiger partial charge in [0.2, 0.25) is 5.91 Å². The van der Waals surface area contributed by atoms with Crippen LogP contribution in [0.4, 0.5) is 0 Å². The molecule has 2 aromatic rings. The van der Waals surface area contributed by atoms with Gasteiger partial charge >= 0.3 is 0 Å². The van der Waals surface area contributed by atoms with Crippen LogP contribution < -0.4 is 10.6 Å². The Morgan fingerprint density at radius 2 is 1.97 bits per heavy atom. The summed E-state index contributed by atoms with van der Waals surface area (Å²) in [5, 5.41) is 5.59. The van der Waals surface area contributed by atoms with Crippen LogP contribution in [0.25, 0.3) is 0 Å². The molecule has 2 heterocycles. The molecule has 2 amide bonds. The summed E-state index contributed by atoms with van der Waals surface area (Å²) in [4.78, 5) is 40.5. The maximum atomic E-state index is 13.1. The first kappa shape index (κ1) is 20.8. The molecule has 1 aliphatic heterocycles. The summed E-state index contributed by atoms with van der Waals surface area (Å²) in [6.07, 6.45) is 3.20. The van der Waals surface area contributed by atoms with Crippen molar-refractivity contribution in [3.05, 3.63) is 59.9 Å². The Balaban J connectivity index is 1.79. The maximum absolute atomic E-state index is 13.1. The highest BCUT2D eigenvalue weighted by Crippen LogP contribution is 2.28. The lowest BCUT2D eigenvalue weighted by Gasteiger charge is -2.31. The Kier molecular flexibility index (Phi) is 6.17. The largest absolute Gasteiger partial charge is 0.368 e. The molecule has 0 spiro atoms. The fraction of sp³-hybridized carbons (Fsp3) is 0.409. The molecule has 154 valence electrons. The summed E-state index contributed by atoms with van der Waals surface area (Å²) in [6.45, 7) is 5.79. The first-order valence-corrected chi connectivity index (χ1v) is 9.72. The van der Waals surface area contributed by atoms with Gasteiger partial charge in [0, 0.05) is 12.4 Å². The van der Waals surface area contributed by atoms with Crippen molar-refractivity contribution in [3.8, 4) is 0 Å². The molecule has 1 fully saturated rings. The van der Waals surface area contributed by atoms with Crippen LogP contribution in [0, 0.1) is 0 Å². The Hall–Kier alpha value is -2.93. The lowest BCUT2D eigenvalue weighted by atomic mass is 9.79. The smallest absolute Gasteiger partial charge is 0.253 e. The molecule has 1 aromatic carbocycles. The number of rotatable bonds is 7. The van der Waals surface area contributed by atoms with Crippen molar-refractivity contribution in [2.24, 2.45) is 0 Å². The first-order valence-electron chi connectivity index (χ1n) is 9.72. The topological polar surface area (TPSA) is 100 Å². The number of H-pyrrole nitrogens is 1. The average molecular weight is 397 g/mol. The highest BCUT2D eigenvalue weighted by Gasteiger charge is 2.37. The second-order valence-corrected chi connectivity index (χ2v) is 8.05. The predicted octanol–water partition coefficient (Wildman–Crippen LogP) is 1.95. The summed E-state index contributed by atoms with van der Waals surface area (Å²) in [6, 6.07) is 9.95. The molecule has 1 aromatic heterocycles. The van der Waals surface area contributed by atoms with Crippen molar-refractivity contribution >= 4 is 17.6 Å². The van der Waals surface area contributed by atoms with Crippen molar-refractivity contribution in [1.29, 1.82) is 0 Å². The van der Waals surface area contributed by atoms with Gasteiger partial charge in [-0.2, -0.15) is 0 Å². The number of hydrogen-bond donors (Lipinski definition) is 3.